The van der Waals surface area contributed by atoms with Crippen molar-refractivity contribution in [2.45, 2.75) is 25.4 Å². The van der Waals surface area contributed by atoms with Crippen molar-refractivity contribution in [1.29, 1.82) is 0 Å². The van der Waals surface area contributed by atoms with Crippen molar-refractivity contribution in [2.24, 2.45) is 0 Å². The third-order valence-corrected chi connectivity index (χ3v) is 3.31. The molecule has 20 heavy (non-hydrogen) atoms. The molecule has 2 aromatic rings. The van der Waals surface area contributed by atoms with Crippen LogP contribution in [-0.4, -0.2) is 0 Å². The molecule has 0 aliphatic heterocycles. The molecule has 0 fully saturated rings. The van der Waals surface area contributed by atoms with Crippen LogP contribution in [0.4, 0.5) is 13.2 Å². The first-order valence-corrected chi connectivity index (χ1v) is 6.52. The standard InChI is InChI=1S/C17H16F3/c1-13(15-5-3-2-4-6-15)7-8-14-9-11-16(12-10-14)17(18,19)20/h2-6,8-13H,7H2,1H3. The summed E-state index contributed by atoms with van der Waals surface area (Å²) in [5, 5.41) is 0. The van der Waals surface area contributed by atoms with Crippen LogP contribution in [0.3, 0.4) is 0 Å². The molecule has 1 atom stereocenters. The Bertz CT molecular complexity index is 526. The molecule has 0 amide bonds. The minimum Gasteiger partial charge on any atom is -0.166 e. The zero-order valence-corrected chi connectivity index (χ0v) is 11.2. The van der Waals surface area contributed by atoms with Crippen molar-refractivity contribution in [3.63, 3.8) is 0 Å². The van der Waals surface area contributed by atoms with Crippen molar-refractivity contribution in [3.8, 4) is 0 Å². The lowest BCUT2D eigenvalue weighted by Crippen LogP contribution is -2.04. The van der Waals surface area contributed by atoms with Gasteiger partial charge in [0.15, 0.2) is 0 Å². The fourth-order valence-electron chi connectivity index (χ4n) is 2.04. The second-order valence-corrected chi connectivity index (χ2v) is 4.87. The van der Waals surface area contributed by atoms with E-state index >= 15 is 0 Å². The van der Waals surface area contributed by atoms with Gasteiger partial charge in [-0.15, -0.1) is 0 Å². The lowest BCUT2D eigenvalue weighted by atomic mass is 9.94. The van der Waals surface area contributed by atoms with Gasteiger partial charge >= 0.3 is 6.18 Å². The molecular formula is C17H16F3. The van der Waals surface area contributed by atoms with Crippen molar-refractivity contribution >= 4 is 0 Å². The van der Waals surface area contributed by atoms with Crippen molar-refractivity contribution in [2.75, 3.05) is 0 Å². The van der Waals surface area contributed by atoms with Gasteiger partial charge in [0, 0.05) is 0 Å². The van der Waals surface area contributed by atoms with E-state index < -0.39 is 11.7 Å². The van der Waals surface area contributed by atoms with E-state index in [9.17, 15) is 13.2 Å². The monoisotopic (exact) mass is 277 g/mol. The van der Waals surface area contributed by atoms with E-state index in [1.807, 2.05) is 24.6 Å². The molecule has 2 rings (SSSR count). The molecule has 0 aliphatic carbocycles. The molecule has 1 unspecified atom stereocenters. The maximum absolute atomic E-state index is 12.4. The summed E-state index contributed by atoms with van der Waals surface area (Å²) in [5.41, 5.74) is 1.45. The summed E-state index contributed by atoms with van der Waals surface area (Å²) in [6.45, 7) is 2.11. The molecule has 0 nitrogen and oxygen atoms in total. The van der Waals surface area contributed by atoms with Crippen molar-refractivity contribution in [3.05, 3.63) is 77.7 Å². The summed E-state index contributed by atoms with van der Waals surface area (Å²) < 4.78 is 37.3. The van der Waals surface area contributed by atoms with Gasteiger partial charge in [-0.1, -0.05) is 49.4 Å². The van der Waals surface area contributed by atoms with Gasteiger partial charge in [0.1, 0.15) is 0 Å². The lowest BCUT2D eigenvalue weighted by molar-refractivity contribution is -0.137. The highest BCUT2D eigenvalue weighted by molar-refractivity contribution is 5.30. The van der Waals surface area contributed by atoms with Gasteiger partial charge in [-0.2, -0.15) is 13.2 Å². The lowest BCUT2D eigenvalue weighted by Gasteiger charge is -2.12. The predicted octanol–water partition coefficient (Wildman–Crippen LogP) is 5.45. The summed E-state index contributed by atoms with van der Waals surface area (Å²) in [5.74, 6) is 0.346. The van der Waals surface area contributed by atoms with Crippen molar-refractivity contribution in [1.82, 2.24) is 0 Å². The maximum Gasteiger partial charge on any atom is 0.416 e. The van der Waals surface area contributed by atoms with Gasteiger partial charge < -0.3 is 0 Å². The predicted molar refractivity (Wildman–Crippen MR) is 74.3 cm³/mol. The highest BCUT2D eigenvalue weighted by atomic mass is 19.4. The molecule has 0 saturated carbocycles. The average Bonchev–Trinajstić information content (AvgIpc) is 2.45. The Balaban J connectivity index is 1.94. The number of benzene rings is 2. The van der Waals surface area contributed by atoms with E-state index in [-0.39, 0.29) is 0 Å². The van der Waals surface area contributed by atoms with Crippen LogP contribution in [-0.2, 0) is 6.18 Å². The van der Waals surface area contributed by atoms with E-state index in [4.69, 9.17) is 0 Å². The summed E-state index contributed by atoms with van der Waals surface area (Å²) >= 11 is 0. The van der Waals surface area contributed by atoms with Crippen LogP contribution in [0.1, 0.15) is 36.0 Å². The smallest absolute Gasteiger partial charge is 0.166 e. The minimum absolute atomic E-state index is 0.346. The fourth-order valence-corrected chi connectivity index (χ4v) is 2.04. The third-order valence-electron chi connectivity index (χ3n) is 3.31. The van der Waals surface area contributed by atoms with Crippen LogP contribution in [0.5, 0.6) is 0 Å². The number of alkyl halides is 3. The molecule has 0 aliphatic rings. The summed E-state index contributed by atoms with van der Waals surface area (Å²) in [7, 11) is 0. The number of hydrogen-bond donors (Lipinski definition) is 0. The molecule has 0 N–H and O–H groups in total. The highest BCUT2D eigenvalue weighted by Gasteiger charge is 2.29. The second-order valence-electron chi connectivity index (χ2n) is 4.87. The highest BCUT2D eigenvalue weighted by Crippen LogP contribution is 2.30. The average molecular weight is 277 g/mol. The van der Waals surface area contributed by atoms with Gasteiger partial charge in [-0.25, -0.2) is 0 Å². The SMILES string of the molecule is CC(C[CH]c1ccc(C(F)(F)F)cc1)c1ccccc1. The van der Waals surface area contributed by atoms with Crippen LogP contribution in [0.25, 0.3) is 0 Å². The van der Waals surface area contributed by atoms with Crippen molar-refractivity contribution < 1.29 is 13.2 Å². The molecule has 0 saturated heterocycles. The molecule has 3 heteroatoms. The molecule has 0 bridgehead atoms. The molecule has 0 spiro atoms. The molecule has 1 radical (unpaired) electrons. The van der Waals surface area contributed by atoms with E-state index in [0.717, 1.165) is 24.1 Å². The zero-order chi connectivity index (χ0) is 14.6. The summed E-state index contributed by atoms with van der Waals surface area (Å²) in [6.07, 6.45) is -1.50. The van der Waals surface area contributed by atoms with Crippen LogP contribution in [0.2, 0.25) is 0 Å². The van der Waals surface area contributed by atoms with Gasteiger partial charge in [0.25, 0.3) is 0 Å². The molecular weight excluding hydrogens is 261 g/mol. The normalized spacial score (nSPS) is 13.2. The maximum atomic E-state index is 12.4. The van der Waals surface area contributed by atoms with Gasteiger partial charge in [0.2, 0.25) is 0 Å². The van der Waals surface area contributed by atoms with Gasteiger partial charge in [-0.05, 0) is 42.0 Å². The Hall–Kier alpha value is -1.77. The zero-order valence-electron chi connectivity index (χ0n) is 11.2. The minimum atomic E-state index is -4.27. The number of halogens is 3. The summed E-state index contributed by atoms with van der Waals surface area (Å²) in [6, 6.07) is 15.3. The largest absolute Gasteiger partial charge is 0.416 e. The quantitative estimate of drug-likeness (QED) is 0.697. The Morgan fingerprint density at radius 3 is 2.10 bits per heavy atom. The fraction of sp³-hybridized carbons (Fsp3) is 0.235. The first kappa shape index (κ1) is 14.6. The second kappa shape index (κ2) is 6.12. The number of rotatable bonds is 4. The van der Waals surface area contributed by atoms with E-state index in [1.165, 1.54) is 17.7 Å². The van der Waals surface area contributed by atoms with E-state index in [0.29, 0.717) is 5.92 Å². The van der Waals surface area contributed by atoms with E-state index in [1.54, 1.807) is 0 Å². The molecule has 2 aromatic carbocycles. The van der Waals surface area contributed by atoms with Gasteiger partial charge in [0.05, 0.1) is 5.56 Å². The van der Waals surface area contributed by atoms with Crippen LogP contribution < -0.4 is 0 Å². The molecule has 105 valence electrons. The van der Waals surface area contributed by atoms with Crippen LogP contribution in [0.15, 0.2) is 54.6 Å². The Morgan fingerprint density at radius 1 is 0.950 bits per heavy atom. The first-order valence-electron chi connectivity index (χ1n) is 6.52. The Labute approximate surface area is 117 Å². The van der Waals surface area contributed by atoms with E-state index in [2.05, 4.69) is 19.1 Å². The third kappa shape index (κ3) is 3.86. The molecule has 0 heterocycles. The first-order chi connectivity index (χ1) is 9.47. The van der Waals surface area contributed by atoms with Crippen LogP contribution >= 0.6 is 0 Å². The number of hydrogen-bond acceptors (Lipinski definition) is 0. The summed E-state index contributed by atoms with van der Waals surface area (Å²) in [4.78, 5) is 0. The Morgan fingerprint density at radius 2 is 1.55 bits per heavy atom. The van der Waals surface area contributed by atoms with Gasteiger partial charge in [-0.3, -0.25) is 0 Å². The van der Waals surface area contributed by atoms with Crippen LogP contribution in [0, 0.1) is 6.42 Å². The molecule has 0 aromatic heterocycles. The topological polar surface area (TPSA) is 0 Å². The Kier molecular flexibility index (Phi) is 4.48.